The summed E-state index contributed by atoms with van der Waals surface area (Å²) in [6.07, 6.45) is 0.672. The van der Waals surface area contributed by atoms with Crippen LogP contribution in [0.15, 0.2) is 12.3 Å². The van der Waals surface area contributed by atoms with Crippen molar-refractivity contribution in [1.29, 1.82) is 0 Å². The lowest BCUT2D eigenvalue weighted by Crippen LogP contribution is -2.47. The Labute approximate surface area is 124 Å². The molecular formula is C14H22N2O5. The van der Waals surface area contributed by atoms with Gasteiger partial charge in [0.25, 0.3) is 0 Å². The molecule has 1 heterocycles. The number of methoxy groups -OCH3 is 1. The fourth-order valence-electron chi connectivity index (χ4n) is 1.98. The van der Waals surface area contributed by atoms with Crippen LogP contribution in [-0.2, 0) is 19.1 Å². The first kappa shape index (κ1) is 17.0. The first-order valence-electron chi connectivity index (χ1n) is 6.73. The average Bonchev–Trinajstić information content (AvgIpc) is 2.84. The maximum atomic E-state index is 12.1. The topological polar surface area (TPSA) is 84.9 Å². The van der Waals surface area contributed by atoms with Crippen LogP contribution >= 0.6 is 0 Å². The van der Waals surface area contributed by atoms with Gasteiger partial charge in [0.15, 0.2) is 0 Å². The molecular weight excluding hydrogens is 276 g/mol. The molecule has 1 atom stereocenters. The third-order valence-electron chi connectivity index (χ3n) is 2.89. The van der Waals surface area contributed by atoms with Gasteiger partial charge in [-0.25, -0.2) is 9.59 Å². The number of esters is 1. The second-order valence-electron chi connectivity index (χ2n) is 5.79. The van der Waals surface area contributed by atoms with E-state index in [1.54, 1.807) is 20.8 Å². The van der Waals surface area contributed by atoms with E-state index in [-0.39, 0.29) is 5.70 Å². The summed E-state index contributed by atoms with van der Waals surface area (Å²) in [6.45, 7) is 9.14. The molecule has 0 saturated carbocycles. The maximum absolute atomic E-state index is 12.1. The average molecular weight is 298 g/mol. The van der Waals surface area contributed by atoms with Gasteiger partial charge in [0.1, 0.15) is 17.3 Å². The van der Waals surface area contributed by atoms with Crippen molar-refractivity contribution < 1.29 is 23.9 Å². The molecule has 0 spiro atoms. The number of ether oxygens (including phenoxy) is 2. The van der Waals surface area contributed by atoms with Crippen molar-refractivity contribution in [2.75, 3.05) is 13.7 Å². The third kappa shape index (κ3) is 4.77. The van der Waals surface area contributed by atoms with E-state index in [1.807, 2.05) is 0 Å². The van der Waals surface area contributed by atoms with Gasteiger partial charge in [0.2, 0.25) is 5.91 Å². The summed E-state index contributed by atoms with van der Waals surface area (Å²) in [5.41, 5.74) is -0.783. The van der Waals surface area contributed by atoms with Crippen molar-refractivity contribution in [3.63, 3.8) is 0 Å². The van der Waals surface area contributed by atoms with Gasteiger partial charge in [-0.05, 0) is 33.6 Å². The van der Waals surface area contributed by atoms with E-state index in [2.05, 4.69) is 16.6 Å². The smallest absolute Gasteiger partial charge is 0.410 e. The summed E-state index contributed by atoms with van der Waals surface area (Å²) >= 11 is 0. The number of nitrogens with zero attached hydrogens (tertiary/aromatic N) is 1. The van der Waals surface area contributed by atoms with Crippen LogP contribution in [0.3, 0.4) is 0 Å². The summed E-state index contributed by atoms with van der Waals surface area (Å²) in [4.78, 5) is 36.8. The van der Waals surface area contributed by atoms with Gasteiger partial charge in [-0.3, -0.25) is 9.69 Å². The van der Waals surface area contributed by atoms with Crippen LogP contribution in [0.2, 0.25) is 0 Å². The largest absolute Gasteiger partial charge is 0.464 e. The lowest BCUT2D eigenvalue weighted by Gasteiger charge is -2.28. The lowest BCUT2D eigenvalue weighted by molar-refractivity contribution is -0.138. The zero-order chi connectivity index (χ0) is 16.2. The van der Waals surface area contributed by atoms with E-state index < -0.39 is 29.6 Å². The van der Waals surface area contributed by atoms with Crippen LogP contribution in [0.4, 0.5) is 4.79 Å². The molecule has 1 saturated heterocycles. The van der Waals surface area contributed by atoms with Crippen LogP contribution < -0.4 is 5.32 Å². The SMILES string of the molecule is C=C(NC(=O)[C@@H]1CCCN1C(=O)OC(C)(C)C)C(=O)OC. The minimum Gasteiger partial charge on any atom is -0.464 e. The third-order valence-corrected chi connectivity index (χ3v) is 2.89. The molecule has 1 aliphatic heterocycles. The minimum absolute atomic E-state index is 0.154. The first-order valence-corrected chi connectivity index (χ1v) is 6.73. The summed E-state index contributed by atoms with van der Waals surface area (Å²) in [7, 11) is 1.20. The number of hydrogen-bond acceptors (Lipinski definition) is 5. The molecule has 1 rings (SSSR count). The Morgan fingerprint density at radius 3 is 2.43 bits per heavy atom. The molecule has 2 amide bonds. The van der Waals surface area contributed by atoms with Crippen molar-refractivity contribution in [2.45, 2.75) is 45.3 Å². The molecule has 0 aliphatic carbocycles. The van der Waals surface area contributed by atoms with E-state index in [0.29, 0.717) is 19.4 Å². The van der Waals surface area contributed by atoms with Crippen molar-refractivity contribution in [1.82, 2.24) is 10.2 Å². The molecule has 0 radical (unpaired) electrons. The van der Waals surface area contributed by atoms with E-state index in [9.17, 15) is 14.4 Å². The zero-order valence-corrected chi connectivity index (χ0v) is 12.9. The summed E-state index contributed by atoms with van der Waals surface area (Å²) in [5.74, 6) is -1.18. The van der Waals surface area contributed by atoms with Crippen LogP contribution in [0.5, 0.6) is 0 Å². The predicted octanol–water partition coefficient (Wildman–Crippen LogP) is 1.19. The Morgan fingerprint density at radius 1 is 1.29 bits per heavy atom. The van der Waals surface area contributed by atoms with Crippen LogP contribution in [0.25, 0.3) is 0 Å². The minimum atomic E-state index is -0.717. The zero-order valence-electron chi connectivity index (χ0n) is 12.9. The number of amides is 2. The second-order valence-corrected chi connectivity index (χ2v) is 5.79. The van der Waals surface area contributed by atoms with Crippen LogP contribution in [-0.4, -0.2) is 48.2 Å². The summed E-state index contributed by atoms with van der Waals surface area (Å²) in [5, 5.41) is 2.36. The number of carbonyl (C=O) groups is 3. The number of nitrogens with one attached hydrogen (secondary N) is 1. The number of likely N-dealkylation sites (tertiary alicyclic amines) is 1. The summed E-state index contributed by atoms with van der Waals surface area (Å²) < 4.78 is 9.73. The molecule has 21 heavy (non-hydrogen) atoms. The molecule has 7 nitrogen and oxygen atoms in total. The highest BCUT2D eigenvalue weighted by Gasteiger charge is 2.37. The molecule has 7 heteroatoms. The van der Waals surface area contributed by atoms with Gasteiger partial charge in [0, 0.05) is 6.54 Å². The standard InChI is InChI=1S/C14H22N2O5/c1-9(12(18)20-5)15-11(17)10-7-6-8-16(10)13(19)21-14(2,3)4/h10H,1,6-8H2,2-5H3,(H,15,17)/t10-/m0/s1. The van der Waals surface area contributed by atoms with Gasteiger partial charge in [-0.1, -0.05) is 6.58 Å². The maximum Gasteiger partial charge on any atom is 0.410 e. The summed E-state index contributed by atoms with van der Waals surface area (Å²) in [6, 6.07) is -0.666. The van der Waals surface area contributed by atoms with Crippen molar-refractivity contribution in [3.05, 3.63) is 12.3 Å². The molecule has 0 aromatic carbocycles. The Kier molecular flexibility index (Phi) is 5.34. The van der Waals surface area contributed by atoms with Gasteiger partial charge in [-0.15, -0.1) is 0 Å². The molecule has 0 aromatic heterocycles. The molecule has 0 bridgehead atoms. The molecule has 1 N–H and O–H groups in total. The monoisotopic (exact) mass is 298 g/mol. The van der Waals surface area contributed by atoms with Crippen molar-refractivity contribution in [3.8, 4) is 0 Å². The highest BCUT2D eigenvalue weighted by molar-refractivity contribution is 5.95. The van der Waals surface area contributed by atoms with Crippen molar-refractivity contribution in [2.24, 2.45) is 0 Å². The number of carbonyl (C=O) groups excluding carboxylic acids is 3. The molecule has 118 valence electrons. The highest BCUT2D eigenvalue weighted by Crippen LogP contribution is 2.21. The van der Waals surface area contributed by atoms with Gasteiger partial charge in [0.05, 0.1) is 7.11 Å². The molecule has 1 fully saturated rings. The quantitative estimate of drug-likeness (QED) is 0.625. The van der Waals surface area contributed by atoms with E-state index >= 15 is 0 Å². The van der Waals surface area contributed by atoms with Crippen LogP contribution in [0.1, 0.15) is 33.6 Å². The second kappa shape index (κ2) is 6.60. The fraction of sp³-hybridized carbons (Fsp3) is 0.643. The number of hydrogen-bond donors (Lipinski definition) is 1. The Morgan fingerprint density at radius 2 is 1.90 bits per heavy atom. The molecule has 0 aromatic rings. The van der Waals surface area contributed by atoms with Gasteiger partial charge < -0.3 is 14.8 Å². The Balaban J connectivity index is 2.68. The molecule has 0 unspecified atom stereocenters. The van der Waals surface area contributed by atoms with E-state index in [0.717, 1.165) is 0 Å². The van der Waals surface area contributed by atoms with Crippen LogP contribution in [0, 0.1) is 0 Å². The fourth-order valence-corrected chi connectivity index (χ4v) is 1.98. The van der Waals surface area contributed by atoms with E-state index in [1.165, 1.54) is 12.0 Å². The van der Waals surface area contributed by atoms with Gasteiger partial charge >= 0.3 is 12.1 Å². The van der Waals surface area contributed by atoms with Crippen molar-refractivity contribution >= 4 is 18.0 Å². The Hall–Kier alpha value is -2.05. The first-order chi connectivity index (χ1) is 9.65. The normalized spacial score (nSPS) is 18.1. The van der Waals surface area contributed by atoms with Gasteiger partial charge in [-0.2, -0.15) is 0 Å². The number of rotatable bonds is 3. The predicted molar refractivity (Wildman–Crippen MR) is 75.3 cm³/mol. The Bertz CT molecular complexity index is 453. The highest BCUT2D eigenvalue weighted by atomic mass is 16.6. The van der Waals surface area contributed by atoms with E-state index in [4.69, 9.17) is 4.74 Å². The molecule has 1 aliphatic rings. The lowest BCUT2D eigenvalue weighted by atomic mass is 10.2.